The number of rotatable bonds is 4. The zero-order valence-corrected chi connectivity index (χ0v) is 26.0. The maximum Gasteiger partial charge on any atom is 0.160 e. The maximum atomic E-state index is 5.38. The first-order valence-electron chi connectivity index (χ1n) is 16.3. The Morgan fingerprint density at radius 1 is 0.479 bits per heavy atom. The predicted molar refractivity (Wildman–Crippen MR) is 194 cm³/mol. The van der Waals surface area contributed by atoms with Gasteiger partial charge in [0.15, 0.2) is 5.82 Å². The van der Waals surface area contributed by atoms with Crippen molar-refractivity contribution in [2.75, 3.05) is 0 Å². The molecule has 0 bridgehead atoms. The third kappa shape index (κ3) is 3.74. The quantitative estimate of drug-likeness (QED) is 0.186. The minimum Gasteiger partial charge on any atom is -0.295 e. The molecule has 0 saturated carbocycles. The van der Waals surface area contributed by atoms with Crippen LogP contribution in [0.2, 0.25) is 0 Å². The zero-order chi connectivity index (χ0) is 31.7. The summed E-state index contributed by atoms with van der Waals surface area (Å²) in [6.07, 6.45) is 0. The first kappa shape index (κ1) is 26.8. The number of nitrogens with zero attached hydrogens (tertiary/aromatic N) is 4. The van der Waals surface area contributed by atoms with Gasteiger partial charge in [-0.05, 0) is 58.5 Å². The summed E-state index contributed by atoms with van der Waals surface area (Å²) < 4.78 is 2.35. The summed E-state index contributed by atoms with van der Waals surface area (Å²) in [5.41, 5.74) is 9.94. The van der Waals surface area contributed by atoms with E-state index < -0.39 is 5.41 Å². The van der Waals surface area contributed by atoms with Crippen molar-refractivity contribution in [3.63, 3.8) is 0 Å². The molecule has 0 N–H and O–H groups in total. The molecule has 2 aromatic heterocycles. The molecule has 0 fully saturated rings. The van der Waals surface area contributed by atoms with Crippen LogP contribution in [-0.4, -0.2) is 19.5 Å². The average molecular weight is 613 g/mol. The van der Waals surface area contributed by atoms with Crippen molar-refractivity contribution < 1.29 is 0 Å². The highest BCUT2D eigenvalue weighted by molar-refractivity contribution is 6.09. The highest BCUT2D eigenvalue weighted by atomic mass is 15.1. The first-order valence-corrected chi connectivity index (χ1v) is 16.3. The summed E-state index contributed by atoms with van der Waals surface area (Å²) in [5, 5.41) is 3.32. The zero-order valence-electron chi connectivity index (χ0n) is 26.0. The van der Waals surface area contributed by atoms with Crippen LogP contribution in [0.1, 0.15) is 22.5 Å². The number of para-hydroxylation sites is 2. The highest BCUT2D eigenvalue weighted by Gasteiger charge is 2.49. The number of benzene rings is 7. The van der Waals surface area contributed by atoms with Crippen LogP contribution < -0.4 is 0 Å². The Hall–Kier alpha value is -6.39. The molecule has 0 atom stereocenters. The van der Waals surface area contributed by atoms with Gasteiger partial charge in [0.25, 0.3) is 0 Å². The minimum atomic E-state index is -0.654. The largest absolute Gasteiger partial charge is 0.295 e. The Bertz CT molecular complexity index is 2620. The van der Waals surface area contributed by atoms with Crippen molar-refractivity contribution in [1.29, 1.82) is 0 Å². The van der Waals surface area contributed by atoms with Crippen LogP contribution in [0.15, 0.2) is 170 Å². The Labute approximate surface area is 277 Å². The fraction of sp³-hybridized carbons (Fsp3) is 0.0227. The Morgan fingerprint density at radius 2 is 1.15 bits per heavy atom. The van der Waals surface area contributed by atoms with E-state index >= 15 is 0 Å². The van der Waals surface area contributed by atoms with Crippen LogP contribution in [0.4, 0.5) is 0 Å². The normalized spacial score (nSPS) is 13.2. The molecule has 224 valence electrons. The van der Waals surface area contributed by atoms with Crippen LogP contribution in [0.5, 0.6) is 0 Å². The van der Waals surface area contributed by atoms with Gasteiger partial charge in [0.05, 0.1) is 27.9 Å². The third-order valence-corrected chi connectivity index (χ3v) is 9.85. The van der Waals surface area contributed by atoms with Gasteiger partial charge in [-0.1, -0.05) is 133 Å². The van der Waals surface area contributed by atoms with Crippen LogP contribution >= 0.6 is 0 Å². The van der Waals surface area contributed by atoms with Crippen molar-refractivity contribution in [3.8, 4) is 28.3 Å². The molecule has 7 aromatic carbocycles. The van der Waals surface area contributed by atoms with Gasteiger partial charge >= 0.3 is 0 Å². The molecule has 0 amide bonds. The van der Waals surface area contributed by atoms with E-state index in [0.29, 0.717) is 5.82 Å². The molecular formula is C44H28N4. The van der Waals surface area contributed by atoms with Crippen LogP contribution in [0.3, 0.4) is 0 Å². The molecule has 0 spiro atoms. The molecule has 4 heteroatoms. The lowest BCUT2D eigenvalue weighted by Crippen LogP contribution is -2.29. The summed E-state index contributed by atoms with van der Waals surface area (Å²) in [5.74, 6) is 1.69. The van der Waals surface area contributed by atoms with Gasteiger partial charge in [-0.3, -0.25) is 4.57 Å². The SMILES string of the molecule is c1ccc(-c2nc(-c3ccc4c(c3)C(c3ccccc3)(c3ccccc3)c3nc5ccccc5n3-4)nc3c2ccc2ccccc23)cc1. The Kier molecular flexibility index (Phi) is 5.75. The van der Waals surface area contributed by atoms with E-state index in [9.17, 15) is 0 Å². The van der Waals surface area contributed by atoms with E-state index in [1.807, 2.05) is 6.07 Å². The van der Waals surface area contributed by atoms with E-state index in [-0.39, 0.29) is 0 Å². The first-order chi connectivity index (χ1) is 23.8. The second-order valence-corrected chi connectivity index (χ2v) is 12.4. The maximum absolute atomic E-state index is 5.38. The summed E-state index contributed by atoms with van der Waals surface area (Å²) in [6.45, 7) is 0. The lowest BCUT2D eigenvalue weighted by atomic mass is 9.69. The van der Waals surface area contributed by atoms with Crippen molar-refractivity contribution in [2.45, 2.75) is 5.41 Å². The minimum absolute atomic E-state index is 0.654. The molecular weight excluding hydrogens is 585 g/mol. The third-order valence-electron chi connectivity index (χ3n) is 9.85. The fourth-order valence-electron chi connectivity index (χ4n) is 7.73. The predicted octanol–water partition coefficient (Wildman–Crippen LogP) is 10.2. The molecule has 4 nitrogen and oxygen atoms in total. The smallest absolute Gasteiger partial charge is 0.160 e. The van der Waals surface area contributed by atoms with Gasteiger partial charge in [-0.2, -0.15) is 0 Å². The van der Waals surface area contributed by atoms with Crippen LogP contribution in [0.25, 0.3) is 61.0 Å². The number of fused-ring (bicyclic) bond motifs is 8. The molecule has 0 unspecified atom stereocenters. The summed E-state index contributed by atoms with van der Waals surface area (Å²) in [6, 6.07) is 59.9. The van der Waals surface area contributed by atoms with E-state index in [0.717, 1.165) is 66.6 Å². The van der Waals surface area contributed by atoms with E-state index in [1.165, 1.54) is 11.1 Å². The van der Waals surface area contributed by atoms with E-state index in [1.54, 1.807) is 0 Å². The molecule has 0 saturated heterocycles. The second kappa shape index (κ2) is 10.3. The van der Waals surface area contributed by atoms with Crippen molar-refractivity contribution >= 4 is 32.7 Å². The summed E-state index contributed by atoms with van der Waals surface area (Å²) in [7, 11) is 0. The standard InChI is InChI=1S/C44H28N4/c1-4-15-30(16-5-1)40-35-26-24-29-14-10-11-21-34(29)41(35)47-42(46-40)31-25-27-38-36(28-31)44(32-17-6-2-7-18-32,33-19-8-3-9-20-33)43-45-37-22-12-13-23-39(37)48(38)43/h1-28H. The van der Waals surface area contributed by atoms with Crippen molar-refractivity contribution in [1.82, 2.24) is 19.5 Å². The highest BCUT2D eigenvalue weighted by Crippen LogP contribution is 2.53. The van der Waals surface area contributed by atoms with Crippen LogP contribution in [0, 0.1) is 0 Å². The molecule has 0 radical (unpaired) electrons. The van der Waals surface area contributed by atoms with Crippen molar-refractivity contribution in [2.24, 2.45) is 0 Å². The molecule has 3 heterocycles. The fourth-order valence-corrected chi connectivity index (χ4v) is 7.73. The Morgan fingerprint density at radius 3 is 1.92 bits per heavy atom. The summed E-state index contributed by atoms with van der Waals surface area (Å²) >= 11 is 0. The molecule has 9 aromatic rings. The Balaban J connectivity index is 1.31. The monoisotopic (exact) mass is 612 g/mol. The van der Waals surface area contributed by atoms with Gasteiger partial charge in [-0.25, -0.2) is 15.0 Å². The lowest BCUT2D eigenvalue weighted by Gasteiger charge is -2.31. The number of imidazole rings is 1. The lowest BCUT2D eigenvalue weighted by molar-refractivity contribution is 0.718. The number of hydrogen-bond donors (Lipinski definition) is 0. The molecule has 48 heavy (non-hydrogen) atoms. The molecule has 10 rings (SSSR count). The van der Waals surface area contributed by atoms with Gasteiger partial charge in [-0.15, -0.1) is 0 Å². The number of hydrogen-bond acceptors (Lipinski definition) is 3. The van der Waals surface area contributed by atoms with Gasteiger partial charge in [0, 0.05) is 21.9 Å². The second-order valence-electron chi connectivity index (χ2n) is 12.4. The van der Waals surface area contributed by atoms with E-state index in [2.05, 4.69) is 168 Å². The van der Waals surface area contributed by atoms with Gasteiger partial charge in [0.2, 0.25) is 0 Å². The average Bonchev–Trinajstić information content (AvgIpc) is 3.68. The van der Waals surface area contributed by atoms with Crippen LogP contribution in [-0.2, 0) is 5.41 Å². The summed E-state index contributed by atoms with van der Waals surface area (Å²) in [4.78, 5) is 16.0. The molecule has 1 aliphatic rings. The topological polar surface area (TPSA) is 43.6 Å². The van der Waals surface area contributed by atoms with Crippen molar-refractivity contribution in [3.05, 3.63) is 192 Å². The van der Waals surface area contributed by atoms with Gasteiger partial charge in [0.1, 0.15) is 11.2 Å². The van der Waals surface area contributed by atoms with E-state index in [4.69, 9.17) is 15.0 Å². The van der Waals surface area contributed by atoms with Gasteiger partial charge < -0.3 is 0 Å². The number of aromatic nitrogens is 4. The molecule has 1 aliphatic heterocycles. The molecule has 0 aliphatic carbocycles.